The third-order valence-electron chi connectivity index (χ3n) is 6.06. The molecule has 11 heteroatoms. The fourth-order valence-corrected chi connectivity index (χ4v) is 4.36. The van der Waals surface area contributed by atoms with Crippen LogP contribution in [0.25, 0.3) is 11.1 Å². The van der Waals surface area contributed by atoms with Crippen molar-refractivity contribution in [3.63, 3.8) is 0 Å². The van der Waals surface area contributed by atoms with Gasteiger partial charge in [-0.05, 0) is 43.4 Å². The van der Waals surface area contributed by atoms with E-state index in [9.17, 15) is 27.6 Å². The van der Waals surface area contributed by atoms with Gasteiger partial charge in [0.2, 0.25) is 11.8 Å². The van der Waals surface area contributed by atoms with Crippen LogP contribution in [-0.2, 0) is 15.8 Å². The summed E-state index contributed by atoms with van der Waals surface area (Å²) in [4.78, 5) is 39.2. The summed E-state index contributed by atoms with van der Waals surface area (Å²) in [7, 11) is 0. The number of alkyl halides is 3. The van der Waals surface area contributed by atoms with Crippen LogP contribution >= 0.6 is 0 Å². The van der Waals surface area contributed by atoms with Gasteiger partial charge in [-0.1, -0.05) is 12.1 Å². The van der Waals surface area contributed by atoms with Crippen molar-refractivity contribution in [2.75, 3.05) is 19.6 Å². The number of hydrogen-bond acceptors (Lipinski definition) is 4. The van der Waals surface area contributed by atoms with E-state index < -0.39 is 17.8 Å². The number of nitrogens with one attached hydrogen (secondary N) is 2. The van der Waals surface area contributed by atoms with Gasteiger partial charge < -0.3 is 10.2 Å². The molecule has 1 atom stereocenters. The molecule has 0 saturated carbocycles. The largest absolute Gasteiger partial charge is 0.416 e. The predicted molar refractivity (Wildman–Crippen MR) is 112 cm³/mol. The Labute approximate surface area is 188 Å². The lowest BCUT2D eigenvalue weighted by molar-refractivity contribution is -0.137. The molecule has 1 aromatic carbocycles. The molecule has 4 amide bonds. The zero-order valence-electron chi connectivity index (χ0n) is 17.8. The Balaban J connectivity index is 1.46. The van der Waals surface area contributed by atoms with Crippen LogP contribution in [0.3, 0.4) is 0 Å². The molecule has 176 valence electrons. The number of benzene rings is 1. The van der Waals surface area contributed by atoms with Crippen molar-refractivity contribution in [3.05, 3.63) is 41.7 Å². The number of urea groups is 1. The maximum absolute atomic E-state index is 13.0. The molecule has 1 unspecified atom stereocenters. The van der Waals surface area contributed by atoms with Crippen molar-refractivity contribution in [2.24, 2.45) is 0 Å². The molecule has 1 aromatic heterocycles. The predicted octanol–water partition coefficient (Wildman–Crippen LogP) is 3.48. The molecular formula is C22H24F3N5O3. The fraction of sp³-hybridized carbons (Fsp3) is 0.455. The van der Waals surface area contributed by atoms with Gasteiger partial charge in [0.15, 0.2) is 0 Å². The van der Waals surface area contributed by atoms with Crippen molar-refractivity contribution >= 4 is 17.8 Å². The van der Waals surface area contributed by atoms with Gasteiger partial charge in [0, 0.05) is 25.1 Å². The Kier molecular flexibility index (Phi) is 6.39. The minimum atomic E-state index is -4.41. The van der Waals surface area contributed by atoms with E-state index in [4.69, 9.17) is 0 Å². The first-order chi connectivity index (χ1) is 15.8. The van der Waals surface area contributed by atoms with Crippen molar-refractivity contribution in [1.82, 2.24) is 25.3 Å². The van der Waals surface area contributed by atoms with Crippen molar-refractivity contribution in [2.45, 2.75) is 44.3 Å². The number of imide groups is 1. The maximum atomic E-state index is 13.0. The first kappa shape index (κ1) is 22.8. The molecule has 2 N–H and O–H groups in total. The molecule has 3 heterocycles. The highest BCUT2D eigenvalue weighted by molar-refractivity contribution is 6.01. The summed E-state index contributed by atoms with van der Waals surface area (Å²) in [5, 5.41) is 9.49. The number of carbonyl (C=O) groups excluding carboxylic acids is 3. The Morgan fingerprint density at radius 1 is 1.15 bits per heavy atom. The van der Waals surface area contributed by atoms with Crippen LogP contribution in [0.5, 0.6) is 0 Å². The minimum absolute atomic E-state index is 0.0203. The van der Waals surface area contributed by atoms with Crippen LogP contribution in [0.15, 0.2) is 30.5 Å². The highest BCUT2D eigenvalue weighted by Crippen LogP contribution is 2.37. The van der Waals surface area contributed by atoms with Gasteiger partial charge in [-0.25, -0.2) is 4.79 Å². The summed E-state index contributed by atoms with van der Waals surface area (Å²) in [5.41, 5.74) is 1.21. The second-order valence-corrected chi connectivity index (χ2v) is 8.18. The third kappa shape index (κ3) is 4.86. The van der Waals surface area contributed by atoms with E-state index in [1.54, 1.807) is 11.1 Å². The fourth-order valence-electron chi connectivity index (χ4n) is 4.36. The zero-order valence-corrected chi connectivity index (χ0v) is 17.8. The van der Waals surface area contributed by atoms with Gasteiger partial charge in [0.25, 0.3) is 0 Å². The number of aromatic amines is 1. The maximum Gasteiger partial charge on any atom is 0.416 e. The Morgan fingerprint density at radius 2 is 1.91 bits per heavy atom. The highest BCUT2D eigenvalue weighted by Gasteiger charge is 2.33. The summed E-state index contributed by atoms with van der Waals surface area (Å²) in [5.74, 6) is -0.401. The summed E-state index contributed by atoms with van der Waals surface area (Å²) in [6, 6.07) is 4.16. The molecular weight excluding hydrogens is 439 g/mol. The number of amides is 4. The van der Waals surface area contributed by atoms with E-state index in [-0.39, 0.29) is 37.4 Å². The normalized spacial score (nSPS) is 19.2. The molecule has 2 aliphatic heterocycles. The van der Waals surface area contributed by atoms with E-state index in [0.29, 0.717) is 36.2 Å². The average molecular weight is 463 g/mol. The van der Waals surface area contributed by atoms with E-state index in [1.807, 2.05) is 0 Å². The van der Waals surface area contributed by atoms with E-state index in [1.165, 1.54) is 12.1 Å². The van der Waals surface area contributed by atoms with Crippen LogP contribution in [0.4, 0.5) is 18.0 Å². The molecule has 2 aliphatic rings. The molecule has 0 aliphatic carbocycles. The number of hydrogen-bond donors (Lipinski definition) is 2. The minimum Gasteiger partial charge on any atom is -0.334 e. The monoisotopic (exact) mass is 463 g/mol. The van der Waals surface area contributed by atoms with E-state index >= 15 is 0 Å². The molecule has 0 bridgehead atoms. The summed E-state index contributed by atoms with van der Waals surface area (Å²) in [6.45, 7) is 0.710. The number of nitrogens with zero attached hydrogens (tertiary/aromatic N) is 3. The van der Waals surface area contributed by atoms with Crippen LogP contribution < -0.4 is 5.32 Å². The van der Waals surface area contributed by atoms with Gasteiger partial charge in [0.1, 0.15) is 0 Å². The molecule has 33 heavy (non-hydrogen) atoms. The number of carbonyl (C=O) groups is 3. The van der Waals surface area contributed by atoms with Crippen LogP contribution in [0.2, 0.25) is 0 Å². The van der Waals surface area contributed by atoms with Crippen LogP contribution in [-0.4, -0.2) is 57.5 Å². The average Bonchev–Trinajstić information content (AvgIpc) is 3.41. The number of likely N-dealkylation sites (tertiary alicyclic amines) is 1. The number of rotatable bonds is 6. The van der Waals surface area contributed by atoms with Crippen molar-refractivity contribution < 1.29 is 27.6 Å². The molecule has 4 rings (SSSR count). The van der Waals surface area contributed by atoms with Gasteiger partial charge >= 0.3 is 12.2 Å². The number of halogens is 3. The smallest absolute Gasteiger partial charge is 0.334 e. The second-order valence-electron chi connectivity index (χ2n) is 8.18. The van der Waals surface area contributed by atoms with E-state index in [2.05, 4.69) is 15.5 Å². The van der Waals surface area contributed by atoms with Gasteiger partial charge in [-0.2, -0.15) is 18.3 Å². The molecule has 8 nitrogen and oxygen atoms in total. The third-order valence-corrected chi connectivity index (χ3v) is 6.06. The molecule has 2 saturated heterocycles. The Morgan fingerprint density at radius 3 is 2.58 bits per heavy atom. The van der Waals surface area contributed by atoms with Crippen molar-refractivity contribution in [3.8, 4) is 11.1 Å². The van der Waals surface area contributed by atoms with Gasteiger partial charge in [-0.15, -0.1) is 0 Å². The molecule has 2 aromatic rings. The summed E-state index contributed by atoms with van der Waals surface area (Å²) < 4.78 is 38.7. The number of aromatic nitrogens is 2. The van der Waals surface area contributed by atoms with Crippen molar-refractivity contribution in [1.29, 1.82) is 0 Å². The lowest BCUT2D eigenvalue weighted by Crippen LogP contribution is -2.39. The lowest BCUT2D eigenvalue weighted by atomic mass is 9.94. The first-order valence-corrected chi connectivity index (χ1v) is 10.8. The molecule has 0 radical (unpaired) electrons. The summed E-state index contributed by atoms with van der Waals surface area (Å²) in [6.07, 6.45) is 0.140. The Bertz CT molecular complexity index is 1020. The quantitative estimate of drug-likeness (QED) is 0.641. The number of H-pyrrole nitrogens is 1. The second kappa shape index (κ2) is 9.24. The topological polar surface area (TPSA) is 98.4 Å². The molecule has 2 fully saturated rings. The highest BCUT2D eigenvalue weighted by atomic mass is 19.4. The molecule has 0 spiro atoms. The summed E-state index contributed by atoms with van der Waals surface area (Å²) >= 11 is 0. The number of piperidine rings is 1. The first-order valence-electron chi connectivity index (χ1n) is 10.8. The van der Waals surface area contributed by atoms with Crippen LogP contribution in [0, 0.1) is 0 Å². The lowest BCUT2D eigenvalue weighted by Gasteiger charge is -2.36. The van der Waals surface area contributed by atoms with Crippen LogP contribution in [0.1, 0.15) is 49.4 Å². The van der Waals surface area contributed by atoms with Gasteiger partial charge in [-0.3, -0.25) is 19.6 Å². The Hall–Kier alpha value is -3.37. The zero-order chi connectivity index (χ0) is 23.6. The van der Waals surface area contributed by atoms with E-state index in [0.717, 1.165) is 29.9 Å². The SMILES string of the molecule is O=C1CNC(=O)N1CCCC(=O)N1CCCCC1c1[nH]ncc1-c1ccc(C(F)(F)F)cc1. The van der Waals surface area contributed by atoms with Gasteiger partial charge in [0.05, 0.1) is 30.0 Å². The standard InChI is InChI=1S/C22H24F3N5O3/c23-22(24,25)15-8-6-14(7-9-15)16-12-27-28-20(16)17-4-1-2-10-29(17)18(31)5-3-11-30-19(32)13-26-21(30)33/h6-9,12,17H,1-5,10-11,13H2,(H,26,33)(H,27,28).